The first-order chi connectivity index (χ1) is 29.5. The van der Waals surface area contributed by atoms with Crippen LogP contribution in [-0.2, 0) is 43.0 Å². The van der Waals surface area contributed by atoms with E-state index in [9.17, 15) is 33.6 Å². The number of nitrogens with one attached hydrogen (secondary N) is 7. The van der Waals surface area contributed by atoms with Gasteiger partial charge in [-0.05, 0) is 68.6 Å². The summed E-state index contributed by atoms with van der Waals surface area (Å²) in [6, 6.07) is 7.35. The number of carbonyl (C=O) groups excluding carboxylic acids is 7. The molecule has 2 fully saturated rings. The van der Waals surface area contributed by atoms with E-state index in [1.54, 1.807) is 24.3 Å². The maximum atomic E-state index is 12.6. The fourth-order valence-corrected chi connectivity index (χ4v) is 8.18. The van der Waals surface area contributed by atoms with Gasteiger partial charge in [0.1, 0.15) is 0 Å². The number of thiocarbonyl (C=S) groups is 1. The minimum atomic E-state index is -0.347. The molecule has 8 amide bonds. The van der Waals surface area contributed by atoms with E-state index in [4.69, 9.17) is 26.4 Å². The second-order valence-corrected chi connectivity index (χ2v) is 16.2. The van der Waals surface area contributed by atoms with Crippen molar-refractivity contribution in [2.75, 3.05) is 95.8 Å². The summed E-state index contributed by atoms with van der Waals surface area (Å²) in [5.74, 6) is -0.587. The van der Waals surface area contributed by atoms with Crippen LogP contribution in [0.4, 0.5) is 16.2 Å². The van der Waals surface area contributed by atoms with Crippen molar-refractivity contribution in [2.45, 2.75) is 68.7 Å². The Bertz CT molecular complexity index is 1670. The molecule has 3 heterocycles. The Kier molecular flexibility index (Phi) is 21.8. The summed E-state index contributed by atoms with van der Waals surface area (Å²) in [4.78, 5) is 86.2. The van der Waals surface area contributed by atoms with Crippen molar-refractivity contribution in [1.82, 2.24) is 36.4 Å². The van der Waals surface area contributed by atoms with Crippen LogP contribution in [0.1, 0.15) is 51.4 Å². The Labute approximate surface area is 365 Å². The van der Waals surface area contributed by atoms with E-state index in [2.05, 4.69) is 37.2 Å². The maximum absolute atomic E-state index is 12.6. The number of fused-ring (bicyclic) bond motifs is 1. The number of urea groups is 1. The van der Waals surface area contributed by atoms with Gasteiger partial charge in [-0.3, -0.25) is 33.7 Å². The van der Waals surface area contributed by atoms with Crippen LogP contribution in [0.3, 0.4) is 0 Å². The standard InChI is InChI=1S/C40H59N9O10S2/c1-48(26-34(52)42-17-6-20-58-22-24-59-23-21-57-19-5-16-41-32(50)9-4-18-49-35(53)14-15-36(49)54)37(55)25-43-40(60)45-29-12-10-28(11-13-29)44-33(51)8-3-2-7-31-38-30(27-61-31)46-39(56)47-38/h10-15,30-31,38H,2-9,16-27H2,1H3,(H,41,50)(H,42,52)(H,44,51)(H2,43,45,60)(H2,46,47,56)/t30-,31-,38-/m0/s1. The van der Waals surface area contributed by atoms with Crippen molar-refractivity contribution < 1.29 is 47.8 Å². The Hall–Kier alpha value is -4.83. The van der Waals surface area contributed by atoms with Gasteiger partial charge >= 0.3 is 6.03 Å². The lowest BCUT2D eigenvalue weighted by Gasteiger charge is -2.18. The van der Waals surface area contributed by atoms with Gasteiger partial charge in [0.2, 0.25) is 23.6 Å². The quantitative estimate of drug-likeness (QED) is 0.0256. The fourth-order valence-electron chi connectivity index (χ4n) is 6.44. The lowest BCUT2D eigenvalue weighted by Crippen LogP contribution is -2.44. The topological polar surface area (TPSA) is 238 Å². The Morgan fingerprint density at radius 2 is 1.34 bits per heavy atom. The van der Waals surface area contributed by atoms with Gasteiger partial charge in [0, 0.05) is 87.3 Å². The number of hydrogen-bond acceptors (Lipinski definition) is 12. The number of amides is 8. The number of likely N-dealkylation sites (N-methyl/N-ethyl adjacent to an activating group) is 1. The van der Waals surface area contributed by atoms with Crippen molar-refractivity contribution in [3.8, 4) is 0 Å². The third-order valence-electron chi connectivity index (χ3n) is 9.72. The SMILES string of the molecule is CN(CC(=O)NCCCOCCOCCOCCCNC(=O)CCCN1C(=O)C=CC1=O)C(=O)CNC(=S)Nc1ccc(NC(=O)CCCC[C@@H]2SC[C@@H]3NC(=O)N[C@@H]32)cc1. The first-order valence-electron chi connectivity index (χ1n) is 20.7. The number of hydrogen-bond donors (Lipinski definition) is 7. The predicted octanol–water partition coefficient (Wildman–Crippen LogP) is 0.863. The van der Waals surface area contributed by atoms with Crippen LogP contribution >= 0.6 is 24.0 Å². The number of unbranched alkanes of at least 4 members (excludes halogenated alkanes) is 1. The van der Waals surface area contributed by atoms with Gasteiger partial charge in [-0.1, -0.05) is 6.42 Å². The van der Waals surface area contributed by atoms with E-state index in [1.165, 1.54) is 24.1 Å². The van der Waals surface area contributed by atoms with E-state index in [-0.39, 0.29) is 84.7 Å². The molecule has 0 bridgehead atoms. The van der Waals surface area contributed by atoms with Gasteiger partial charge < -0.3 is 56.3 Å². The molecule has 4 rings (SSSR count). The number of anilines is 2. The van der Waals surface area contributed by atoms with E-state index in [1.807, 2.05) is 11.8 Å². The molecule has 1 aromatic carbocycles. The first-order valence-corrected chi connectivity index (χ1v) is 22.1. The van der Waals surface area contributed by atoms with Crippen molar-refractivity contribution in [1.29, 1.82) is 0 Å². The smallest absolute Gasteiger partial charge is 0.315 e. The minimum Gasteiger partial charge on any atom is -0.379 e. The Balaban J connectivity index is 0.896. The Morgan fingerprint density at radius 3 is 2.00 bits per heavy atom. The molecule has 0 aromatic heterocycles. The number of carbonyl (C=O) groups is 7. The van der Waals surface area contributed by atoms with E-state index in [0.717, 1.165) is 29.9 Å². The summed E-state index contributed by atoms with van der Waals surface area (Å²) < 4.78 is 16.5. The third kappa shape index (κ3) is 18.8. The van der Waals surface area contributed by atoms with E-state index >= 15 is 0 Å². The third-order valence-corrected chi connectivity index (χ3v) is 11.5. The number of nitrogens with zero attached hydrogens (tertiary/aromatic N) is 2. The van der Waals surface area contributed by atoms with Crippen LogP contribution in [-0.4, -0.2) is 159 Å². The first kappa shape index (κ1) is 48.8. The van der Waals surface area contributed by atoms with Gasteiger partial charge in [-0.2, -0.15) is 11.8 Å². The lowest BCUT2D eigenvalue weighted by atomic mass is 10.0. The molecule has 3 atom stereocenters. The summed E-state index contributed by atoms with van der Waals surface area (Å²) in [5.41, 5.74) is 1.33. The highest BCUT2D eigenvalue weighted by Gasteiger charge is 2.42. The summed E-state index contributed by atoms with van der Waals surface area (Å²) in [6.45, 7) is 3.37. The molecule has 0 radical (unpaired) electrons. The summed E-state index contributed by atoms with van der Waals surface area (Å²) in [7, 11) is 1.54. The molecule has 0 aliphatic carbocycles. The predicted molar refractivity (Wildman–Crippen MR) is 234 cm³/mol. The van der Waals surface area contributed by atoms with Crippen molar-refractivity contribution >= 4 is 81.9 Å². The summed E-state index contributed by atoms with van der Waals surface area (Å²) in [5, 5.41) is 20.9. The highest BCUT2D eigenvalue weighted by atomic mass is 32.2. The van der Waals surface area contributed by atoms with E-state index in [0.29, 0.717) is 95.0 Å². The van der Waals surface area contributed by atoms with Gasteiger partial charge in [0.15, 0.2) is 5.11 Å². The highest BCUT2D eigenvalue weighted by molar-refractivity contribution is 8.00. The van der Waals surface area contributed by atoms with Crippen molar-refractivity contribution in [3.05, 3.63) is 36.4 Å². The largest absolute Gasteiger partial charge is 0.379 e. The average molecular weight is 890 g/mol. The molecular formula is C40H59N9O10S2. The van der Waals surface area contributed by atoms with E-state index < -0.39 is 0 Å². The minimum absolute atomic E-state index is 0.0634. The zero-order valence-corrected chi connectivity index (χ0v) is 36.3. The molecule has 0 unspecified atom stereocenters. The second-order valence-electron chi connectivity index (χ2n) is 14.6. The van der Waals surface area contributed by atoms with Crippen molar-refractivity contribution in [3.63, 3.8) is 0 Å². The zero-order valence-electron chi connectivity index (χ0n) is 34.6. The monoisotopic (exact) mass is 889 g/mol. The van der Waals surface area contributed by atoms with Gasteiger partial charge in [0.25, 0.3) is 11.8 Å². The maximum Gasteiger partial charge on any atom is 0.315 e. The number of ether oxygens (including phenoxy) is 3. The van der Waals surface area contributed by atoms with Gasteiger partial charge in [-0.15, -0.1) is 0 Å². The zero-order chi connectivity index (χ0) is 43.8. The molecule has 61 heavy (non-hydrogen) atoms. The van der Waals surface area contributed by atoms with Crippen LogP contribution in [0.2, 0.25) is 0 Å². The van der Waals surface area contributed by atoms with Crippen LogP contribution < -0.4 is 37.2 Å². The molecule has 1 aromatic rings. The molecule has 3 aliphatic heterocycles. The molecular weight excluding hydrogens is 831 g/mol. The van der Waals surface area contributed by atoms with Crippen molar-refractivity contribution in [2.24, 2.45) is 0 Å². The molecule has 7 N–H and O–H groups in total. The molecule has 2 saturated heterocycles. The molecule has 19 nitrogen and oxygen atoms in total. The molecule has 336 valence electrons. The highest BCUT2D eigenvalue weighted by Crippen LogP contribution is 2.33. The van der Waals surface area contributed by atoms with Crippen LogP contribution in [0, 0.1) is 0 Å². The normalized spacial score (nSPS) is 17.7. The molecule has 0 saturated carbocycles. The lowest BCUT2D eigenvalue weighted by molar-refractivity contribution is -0.137. The van der Waals surface area contributed by atoms with Crippen LogP contribution in [0.5, 0.6) is 0 Å². The summed E-state index contributed by atoms with van der Waals surface area (Å²) in [6.07, 6.45) is 7.37. The molecule has 3 aliphatic rings. The van der Waals surface area contributed by atoms with Crippen LogP contribution in [0.15, 0.2) is 36.4 Å². The van der Waals surface area contributed by atoms with Gasteiger partial charge in [0.05, 0.1) is 51.6 Å². The number of thioether (sulfide) groups is 1. The molecule has 21 heteroatoms. The van der Waals surface area contributed by atoms with Crippen LogP contribution in [0.25, 0.3) is 0 Å². The average Bonchev–Trinajstić information content (AvgIpc) is 3.90. The number of rotatable bonds is 29. The molecule has 0 spiro atoms. The van der Waals surface area contributed by atoms with Gasteiger partial charge in [-0.25, -0.2) is 4.79 Å². The number of imide groups is 1. The summed E-state index contributed by atoms with van der Waals surface area (Å²) >= 11 is 7.19. The second kappa shape index (κ2) is 27.2. The fraction of sp³-hybridized carbons (Fsp3) is 0.600. The number of benzene rings is 1. The Morgan fingerprint density at radius 1 is 0.754 bits per heavy atom.